The third-order valence-corrected chi connectivity index (χ3v) is 4.36. The van der Waals surface area contributed by atoms with Crippen LogP contribution in [-0.4, -0.2) is 47.3 Å². The number of ether oxygens (including phenoxy) is 1. The van der Waals surface area contributed by atoms with Crippen LogP contribution in [0.15, 0.2) is 33.9 Å². The Labute approximate surface area is 155 Å². The average molecular weight is 383 g/mol. The zero-order chi connectivity index (χ0) is 18.4. The summed E-state index contributed by atoms with van der Waals surface area (Å²) < 4.78 is 23.9. The first kappa shape index (κ1) is 18.5. The van der Waals surface area contributed by atoms with Crippen LogP contribution in [0.2, 0.25) is 5.02 Å². The molecule has 9 heteroatoms. The van der Waals surface area contributed by atoms with Crippen molar-refractivity contribution >= 4 is 23.1 Å². The summed E-state index contributed by atoms with van der Waals surface area (Å²) in [7, 11) is 0. The topological polar surface area (TPSA) is 83.1 Å². The third-order valence-electron chi connectivity index (χ3n) is 4.07. The Morgan fingerprint density at radius 3 is 2.92 bits per heavy atom. The molecule has 2 N–H and O–H groups in total. The lowest BCUT2D eigenvalue weighted by Crippen LogP contribution is -2.21. The van der Waals surface area contributed by atoms with Crippen LogP contribution in [0.5, 0.6) is 5.88 Å². The highest BCUT2D eigenvalue weighted by atomic mass is 35.5. The van der Waals surface area contributed by atoms with Gasteiger partial charge in [0, 0.05) is 12.2 Å². The average Bonchev–Trinajstić information content (AvgIpc) is 3.31. The smallest absolute Gasteiger partial charge is 0.254 e. The molecule has 1 saturated heterocycles. The van der Waals surface area contributed by atoms with Gasteiger partial charge in [-0.25, -0.2) is 4.39 Å². The summed E-state index contributed by atoms with van der Waals surface area (Å²) in [5.41, 5.74) is 0.439. The molecule has 7 nitrogen and oxygen atoms in total. The SMILES string of the molecule is O/N=C(/Nc1ccc(F)c(Cl)c1)c1cc(OCCCN2CCCC2)no1. The Morgan fingerprint density at radius 2 is 2.19 bits per heavy atom. The minimum atomic E-state index is -0.538. The van der Waals surface area contributed by atoms with Gasteiger partial charge in [-0.2, -0.15) is 0 Å². The molecule has 0 spiro atoms. The molecule has 1 fully saturated rings. The first-order valence-corrected chi connectivity index (χ1v) is 8.80. The molecule has 0 radical (unpaired) electrons. The van der Waals surface area contributed by atoms with Gasteiger partial charge in [-0.3, -0.25) is 0 Å². The first-order chi connectivity index (χ1) is 12.7. The largest absolute Gasteiger partial charge is 0.475 e. The van der Waals surface area contributed by atoms with E-state index in [1.165, 1.54) is 37.1 Å². The van der Waals surface area contributed by atoms with Gasteiger partial charge in [-0.15, -0.1) is 0 Å². The Hall–Kier alpha value is -2.32. The van der Waals surface area contributed by atoms with Crippen molar-refractivity contribution in [3.05, 3.63) is 40.9 Å². The van der Waals surface area contributed by atoms with Crippen molar-refractivity contribution in [3.8, 4) is 5.88 Å². The number of halogens is 2. The zero-order valence-corrected chi connectivity index (χ0v) is 14.9. The summed E-state index contributed by atoms with van der Waals surface area (Å²) in [4.78, 5) is 2.41. The fraction of sp³-hybridized carbons (Fsp3) is 0.412. The summed E-state index contributed by atoms with van der Waals surface area (Å²) in [6.45, 7) is 3.84. The fourth-order valence-corrected chi connectivity index (χ4v) is 2.94. The minimum absolute atomic E-state index is 0.00657. The van der Waals surface area contributed by atoms with Gasteiger partial charge in [0.1, 0.15) is 5.82 Å². The van der Waals surface area contributed by atoms with Crippen molar-refractivity contribution < 1.29 is 18.9 Å². The number of amidine groups is 1. The Bertz CT molecular complexity index is 762. The first-order valence-electron chi connectivity index (χ1n) is 8.42. The monoisotopic (exact) mass is 382 g/mol. The minimum Gasteiger partial charge on any atom is -0.475 e. The number of oxime groups is 1. The van der Waals surface area contributed by atoms with Crippen molar-refractivity contribution in [1.82, 2.24) is 10.1 Å². The lowest BCUT2D eigenvalue weighted by molar-refractivity contribution is 0.245. The molecule has 2 heterocycles. The molecule has 2 aromatic rings. The number of nitrogens with one attached hydrogen (secondary N) is 1. The number of likely N-dealkylation sites (tertiary alicyclic amines) is 1. The van der Waals surface area contributed by atoms with Crippen LogP contribution in [0.25, 0.3) is 0 Å². The van der Waals surface area contributed by atoms with E-state index in [-0.39, 0.29) is 16.6 Å². The molecule has 0 aliphatic carbocycles. The highest BCUT2D eigenvalue weighted by Crippen LogP contribution is 2.21. The number of nitrogens with zero attached hydrogens (tertiary/aromatic N) is 3. The van der Waals surface area contributed by atoms with Crippen LogP contribution in [-0.2, 0) is 0 Å². The second kappa shape index (κ2) is 8.86. The van der Waals surface area contributed by atoms with E-state index >= 15 is 0 Å². The summed E-state index contributed by atoms with van der Waals surface area (Å²) in [6.07, 6.45) is 3.43. The molecule has 1 aliphatic rings. The Morgan fingerprint density at radius 1 is 1.38 bits per heavy atom. The van der Waals surface area contributed by atoms with Crippen molar-refractivity contribution in [1.29, 1.82) is 0 Å². The highest BCUT2D eigenvalue weighted by molar-refractivity contribution is 6.31. The highest BCUT2D eigenvalue weighted by Gasteiger charge is 2.15. The van der Waals surface area contributed by atoms with Crippen LogP contribution in [0.4, 0.5) is 10.1 Å². The van der Waals surface area contributed by atoms with E-state index in [0.29, 0.717) is 18.2 Å². The van der Waals surface area contributed by atoms with E-state index in [1.54, 1.807) is 0 Å². The van der Waals surface area contributed by atoms with Gasteiger partial charge in [-0.05, 0) is 55.7 Å². The normalized spacial score (nSPS) is 15.4. The van der Waals surface area contributed by atoms with E-state index in [2.05, 4.69) is 20.5 Å². The van der Waals surface area contributed by atoms with Crippen molar-refractivity contribution in [3.63, 3.8) is 0 Å². The molecule has 0 atom stereocenters. The number of rotatable bonds is 7. The molecule has 26 heavy (non-hydrogen) atoms. The lowest BCUT2D eigenvalue weighted by Gasteiger charge is -2.13. The van der Waals surface area contributed by atoms with Gasteiger partial charge in [0.15, 0.2) is 0 Å². The molecule has 3 rings (SSSR count). The molecule has 0 bridgehead atoms. The molecule has 140 valence electrons. The maximum absolute atomic E-state index is 13.2. The quantitative estimate of drug-likeness (QED) is 0.250. The number of anilines is 1. The van der Waals surface area contributed by atoms with Crippen LogP contribution in [0.1, 0.15) is 25.0 Å². The zero-order valence-electron chi connectivity index (χ0n) is 14.1. The standard InChI is InChI=1S/C17H20ClFN4O3/c18-13-10-12(4-5-14(13)19)20-17(21-24)15-11-16(22-26-15)25-9-3-8-23-6-1-2-7-23/h4-5,10-11,24H,1-3,6-9H2,(H,20,21). The van der Waals surface area contributed by atoms with E-state index in [0.717, 1.165) is 26.1 Å². The van der Waals surface area contributed by atoms with Gasteiger partial charge >= 0.3 is 0 Å². The van der Waals surface area contributed by atoms with Gasteiger partial charge in [-0.1, -0.05) is 16.8 Å². The third kappa shape index (κ3) is 4.86. The maximum Gasteiger partial charge on any atom is 0.254 e. The van der Waals surface area contributed by atoms with E-state index in [9.17, 15) is 9.60 Å². The number of hydrogen-bond donors (Lipinski definition) is 2. The van der Waals surface area contributed by atoms with Crippen molar-refractivity contribution in [2.45, 2.75) is 19.3 Å². The Balaban J connectivity index is 1.52. The molecular weight excluding hydrogens is 363 g/mol. The molecular formula is C17H20ClFN4O3. The molecule has 0 amide bonds. The van der Waals surface area contributed by atoms with Gasteiger partial charge in [0.2, 0.25) is 11.6 Å². The summed E-state index contributed by atoms with van der Waals surface area (Å²) in [6, 6.07) is 5.55. The number of aromatic nitrogens is 1. The summed E-state index contributed by atoms with van der Waals surface area (Å²) in [5.74, 6) is -0.0416. The molecule has 0 unspecified atom stereocenters. The van der Waals surface area contributed by atoms with Crippen molar-refractivity contribution in [2.24, 2.45) is 5.16 Å². The Kier molecular flexibility index (Phi) is 6.30. The van der Waals surface area contributed by atoms with Gasteiger partial charge < -0.3 is 24.7 Å². The van der Waals surface area contributed by atoms with Crippen LogP contribution >= 0.6 is 11.6 Å². The number of hydrogen-bond acceptors (Lipinski definition) is 6. The number of benzene rings is 1. The second-order valence-corrected chi connectivity index (χ2v) is 6.39. The van der Waals surface area contributed by atoms with Gasteiger partial charge in [0.25, 0.3) is 5.88 Å². The predicted octanol–water partition coefficient (Wildman–Crippen LogP) is 3.58. The molecule has 0 saturated carbocycles. The van der Waals surface area contributed by atoms with Crippen LogP contribution in [0, 0.1) is 5.82 Å². The predicted molar refractivity (Wildman–Crippen MR) is 95.6 cm³/mol. The molecule has 1 aliphatic heterocycles. The van der Waals surface area contributed by atoms with E-state index in [1.807, 2.05) is 0 Å². The second-order valence-electron chi connectivity index (χ2n) is 5.98. The van der Waals surface area contributed by atoms with Crippen LogP contribution < -0.4 is 10.1 Å². The molecule has 1 aromatic carbocycles. The molecule has 1 aromatic heterocycles. The maximum atomic E-state index is 13.2. The van der Waals surface area contributed by atoms with E-state index in [4.69, 9.17) is 20.9 Å². The van der Waals surface area contributed by atoms with Gasteiger partial charge in [0.05, 0.1) is 17.7 Å². The summed E-state index contributed by atoms with van der Waals surface area (Å²) >= 11 is 5.73. The fourth-order valence-electron chi connectivity index (χ4n) is 2.76. The van der Waals surface area contributed by atoms with Crippen LogP contribution in [0.3, 0.4) is 0 Å². The lowest BCUT2D eigenvalue weighted by atomic mass is 10.3. The van der Waals surface area contributed by atoms with Crippen molar-refractivity contribution in [2.75, 3.05) is 31.6 Å². The summed E-state index contributed by atoms with van der Waals surface area (Å²) in [5, 5.41) is 18.9. The van der Waals surface area contributed by atoms with E-state index < -0.39 is 5.82 Å².